The second-order valence-electron chi connectivity index (χ2n) is 10.8. The van der Waals surface area contributed by atoms with E-state index in [1.54, 1.807) is 0 Å². The van der Waals surface area contributed by atoms with E-state index in [4.69, 9.17) is 18.9 Å². The summed E-state index contributed by atoms with van der Waals surface area (Å²) in [6.07, 6.45) is 8.96. The van der Waals surface area contributed by atoms with Crippen LogP contribution in [0.1, 0.15) is 65.2 Å². The molecule has 1 spiro atoms. The van der Waals surface area contributed by atoms with Gasteiger partial charge in [0.05, 0.1) is 30.2 Å². The summed E-state index contributed by atoms with van der Waals surface area (Å²) in [5, 5.41) is 0. The van der Waals surface area contributed by atoms with Crippen molar-refractivity contribution < 1.29 is 23.7 Å². The zero-order valence-corrected chi connectivity index (χ0v) is 19.2. The lowest BCUT2D eigenvalue weighted by atomic mass is 9.44. The fourth-order valence-electron chi connectivity index (χ4n) is 8.91. The number of carbonyl (C=O) groups is 1. The second kappa shape index (κ2) is 6.20. The molecule has 29 heavy (non-hydrogen) atoms. The molecule has 5 nitrogen and oxygen atoms in total. The van der Waals surface area contributed by atoms with Gasteiger partial charge in [-0.15, -0.1) is 0 Å². The molecule has 2 saturated heterocycles. The van der Waals surface area contributed by atoms with Gasteiger partial charge in [-0.2, -0.15) is 0 Å². The van der Waals surface area contributed by atoms with Gasteiger partial charge in [0.1, 0.15) is 6.10 Å². The summed E-state index contributed by atoms with van der Waals surface area (Å²) in [5.74, 6) is 1.52. The lowest BCUT2D eigenvalue weighted by Crippen LogP contribution is -2.64. The van der Waals surface area contributed by atoms with Crippen LogP contribution in [0.15, 0.2) is 0 Å². The van der Waals surface area contributed by atoms with Gasteiger partial charge in [-0.05, 0) is 56.3 Å². The zero-order valence-electron chi connectivity index (χ0n) is 17.6. The van der Waals surface area contributed by atoms with E-state index in [2.05, 4.69) is 22.9 Å². The Morgan fingerprint density at radius 2 is 1.83 bits per heavy atom. The summed E-state index contributed by atoms with van der Waals surface area (Å²) in [6.45, 7) is 6.32. The molecule has 2 aliphatic heterocycles. The van der Waals surface area contributed by atoms with Crippen LogP contribution in [-0.4, -0.2) is 48.1 Å². The van der Waals surface area contributed by atoms with Gasteiger partial charge in [0, 0.05) is 30.6 Å². The summed E-state index contributed by atoms with van der Waals surface area (Å²) >= 11 is 4.23. The molecule has 8 atom stereocenters. The maximum atomic E-state index is 11.6. The van der Waals surface area contributed by atoms with Gasteiger partial charge in [0.15, 0.2) is 5.79 Å². The van der Waals surface area contributed by atoms with E-state index in [0.717, 1.165) is 51.9 Å². The Kier molecular flexibility index (Phi) is 4.17. The van der Waals surface area contributed by atoms with E-state index in [1.807, 2.05) is 0 Å². The van der Waals surface area contributed by atoms with E-state index >= 15 is 0 Å². The number of carbonyl (C=O) groups excluding carboxylic acids is 1. The molecule has 162 valence electrons. The van der Waals surface area contributed by atoms with Gasteiger partial charge in [-0.1, -0.05) is 22.9 Å². The largest absolute Gasteiger partial charge is 0.463 e. The van der Waals surface area contributed by atoms with Crippen molar-refractivity contribution in [2.75, 3.05) is 19.8 Å². The fraction of sp³-hybridized carbons (Fsp3) is 0.957. The Bertz CT molecular complexity index is 722. The molecular weight excluding hydrogens is 436 g/mol. The molecule has 0 N–H and O–H groups in total. The van der Waals surface area contributed by atoms with Crippen LogP contribution in [0.2, 0.25) is 0 Å². The van der Waals surface area contributed by atoms with Gasteiger partial charge in [-0.3, -0.25) is 4.79 Å². The Hall–Kier alpha value is -0.170. The van der Waals surface area contributed by atoms with Crippen molar-refractivity contribution in [2.24, 2.45) is 28.6 Å². The minimum absolute atomic E-state index is 0.0182. The maximum absolute atomic E-state index is 11.6. The lowest BCUT2D eigenvalue weighted by Gasteiger charge is -2.63. The molecule has 6 heteroatoms. The highest BCUT2D eigenvalue weighted by molar-refractivity contribution is 9.10. The maximum Gasteiger partial charge on any atom is 0.302 e. The summed E-state index contributed by atoms with van der Waals surface area (Å²) in [4.78, 5) is 11.6. The van der Waals surface area contributed by atoms with Crippen LogP contribution in [0.3, 0.4) is 0 Å². The van der Waals surface area contributed by atoms with Crippen LogP contribution < -0.4 is 0 Å². The molecule has 2 heterocycles. The van der Waals surface area contributed by atoms with Crippen LogP contribution in [0.4, 0.5) is 0 Å². The molecule has 4 saturated carbocycles. The Morgan fingerprint density at radius 3 is 2.59 bits per heavy atom. The molecule has 6 aliphatic rings. The summed E-state index contributed by atoms with van der Waals surface area (Å²) < 4.78 is 24.7. The fourth-order valence-corrected chi connectivity index (χ4v) is 10.2. The number of esters is 1. The normalized spacial score (nSPS) is 54.7. The molecule has 0 radical (unpaired) electrons. The van der Waals surface area contributed by atoms with Gasteiger partial charge >= 0.3 is 5.97 Å². The molecule has 0 aromatic carbocycles. The Balaban J connectivity index is 1.32. The smallest absolute Gasteiger partial charge is 0.302 e. The first-order valence-electron chi connectivity index (χ1n) is 11.6. The van der Waals surface area contributed by atoms with Crippen LogP contribution in [0, 0.1) is 28.6 Å². The van der Waals surface area contributed by atoms with Crippen molar-refractivity contribution in [2.45, 2.75) is 87.5 Å². The van der Waals surface area contributed by atoms with E-state index in [0.29, 0.717) is 17.8 Å². The predicted molar refractivity (Wildman–Crippen MR) is 110 cm³/mol. The van der Waals surface area contributed by atoms with E-state index < -0.39 is 0 Å². The van der Waals surface area contributed by atoms with Crippen LogP contribution in [0.25, 0.3) is 0 Å². The lowest BCUT2D eigenvalue weighted by molar-refractivity contribution is -0.245. The third kappa shape index (κ3) is 2.30. The molecule has 4 aliphatic carbocycles. The molecule has 6 fully saturated rings. The Labute approximate surface area is 181 Å². The first-order valence-corrected chi connectivity index (χ1v) is 12.4. The number of hydrogen-bond acceptors (Lipinski definition) is 5. The molecule has 0 amide bonds. The number of halogens is 1. The van der Waals surface area contributed by atoms with E-state index in [1.165, 1.54) is 26.2 Å². The number of fused-ring (bicyclic) bond motifs is 4. The number of rotatable bonds is 1. The average Bonchev–Trinajstić information content (AvgIpc) is 3.30. The average molecular weight is 469 g/mol. The first-order chi connectivity index (χ1) is 13.8. The third-order valence-corrected chi connectivity index (χ3v) is 11.7. The molecular formula is C23H33BrO5. The quantitative estimate of drug-likeness (QED) is 0.426. The SMILES string of the molecule is CC(=O)O[C@@H]1CC[C@@]23CO[C@H](C[C@H]4[C@H]2CC[C@@]2(C)[C@@H]4CCC24OCCO4)[C@@]3(Br)C1. The van der Waals surface area contributed by atoms with Crippen LogP contribution in [-0.2, 0) is 23.7 Å². The molecule has 0 aromatic heterocycles. The number of ether oxygens (including phenoxy) is 4. The minimum Gasteiger partial charge on any atom is -0.463 e. The number of alkyl halides is 1. The molecule has 0 aromatic rings. The van der Waals surface area contributed by atoms with E-state index in [-0.39, 0.29) is 39.1 Å². The van der Waals surface area contributed by atoms with Crippen molar-refractivity contribution in [3.63, 3.8) is 0 Å². The molecule has 6 rings (SSSR count). The number of hydrogen-bond donors (Lipinski definition) is 0. The van der Waals surface area contributed by atoms with Gasteiger partial charge in [0.25, 0.3) is 0 Å². The van der Waals surface area contributed by atoms with Crippen molar-refractivity contribution in [1.29, 1.82) is 0 Å². The topological polar surface area (TPSA) is 54.0 Å². The first kappa shape index (κ1) is 19.5. The van der Waals surface area contributed by atoms with Crippen molar-refractivity contribution in [1.82, 2.24) is 0 Å². The minimum atomic E-state index is -0.337. The highest BCUT2D eigenvalue weighted by Gasteiger charge is 2.74. The van der Waals surface area contributed by atoms with Gasteiger partial charge in [0.2, 0.25) is 0 Å². The predicted octanol–water partition coefficient (Wildman–Crippen LogP) is 4.21. The third-order valence-electron chi connectivity index (χ3n) is 10.1. The highest BCUT2D eigenvalue weighted by Crippen LogP contribution is 2.74. The standard InChI is InChI=1S/C23H33BrO5/c1-14(25)29-15-3-7-21-13-26-19(22(21,24)12-15)11-16-17-5-8-23(27-9-10-28-23)20(17,2)6-4-18(16)21/h15-19H,3-13H2,1-2H3/t15-,16-,17-,18-,19-,20+,21-,22+/m1/s1. The van der Waals surface area contributed by atoms with Crippen molar-refractivity contribution in [3.8, 4) is 0 Å². The van der Waals surface area contributed by atoms with Crippen molar-refractivity contribution >= 4 is 21.9 Å². The van der Waals surface area contributed by atoms with Crippen LogP contribution >= 0.6 is 15.9 Å². The van der Waals surface area contributed by atoms with E-state index in [9.17, 15) is 4.79 Å². The summed E-state index contributed by atoms with van der Waals surface area (Å²) in [7, 11) is 0. The molecule has 0 unspecified atom stereocenters. The molecule has 2 bridgehead atoms. The van der Waals surface area contributed by atoms with Gasteiger partial charge in [-0.25, -0.2) is 0 Å². The van der Waals surface area contributed by atoms with Gasteiger partial charge < -0.3 is 18.9 Å². The highest BCUT2D eigenvalue weighted by atomic mass is 79.9. The summed E-state index contributed by atoms with van der Waals surface area (Å²) in [5.41, 5.74) is 0.299. The zero-order chi connectivity index (χ0) is 20.1. The second-order valence-corrected chi connectivity index (χ2v) is 12.3. The van der Waals surface area contributed by atoms with Crippen molar-refractivity contribution in [3.05, 3.63) is 0 Å². The van der Waals surface area contributed by atoms with Crippen LogP contribution in [0.5, 0.6) is 0 Å². The summed E-state index contributed by atoms with van der Waals surface area (Å²) in [6, 6.07) is 0. The Morgan fingerprint density at radius 1 is 1.07 bits per heavy atom. The monoisotopic (exact) mass is 468 g/mol.